The van der Waals surface area contributed by atoms with Gasteiger partial charge in [-0.1, -0.05) is 42.0 Å². The van der Waals surface area contributed by atoms with Crippen LogP contribution in [0.15, 0.2) is 48.5 Å². The summed E-state index contributed by atoms with van der Waals surface area (Å²) in [7, 11) is 0. The number of nitrogens with zero attached hydrogens (tertiary/aromatic N) is 1. The van der Waals surface area contributed by atoms with Crippen molar-refractivity contribution in [3.8, 4) is 0 Å². The quantitative estimate of drug-likeness (QED) is 0.774. The maximum atomic E-state index is 12.9. The third-order valence-electron chi connectivity index (χ3n) is 4.68. The molecule has 2 aromatic rings. The minimum atomic E-state index is -0.510. The first-order chi connectivity index (χ1) is 13.4. The zero-order valence-electron chi connectivity index (χ0n) is 15.6. The molecule has 1 atom stereocenters. The van der Waals surface area contributed by atoms with Gasteiger partial charge in [-0.25, -0.2) is 4.39 Å². The second-order valence-corrected chi connectivity index (χ2v) is 7.00. The SMILES string of the molecule is Cc1ccc(CN2CC(C(=O)NNC(=O)Cc3ccc(F)cc3)CC2=O)cc1. The van der Waals surface area contributed by atoms with Gasteiger partial charge in [-0.2, -0.15) is 0 Å². The molecule has 0 spiro atoms. The Morgan fingerprint density at radius 1 is 1.04 bits per heavy atom. The van der Waals surface area contributed by atoms with E-state index in [0.29, 0.717) is 18.7 Å². The van der Waals surface area contributed by atoms with Gasteiger partial charge in [0, 0.05) is 19.5 Å². The van der Waals surface area contributed by atoms with E-state index in [-0.39, 0.29) is 24.6 Å². The van der Waals surface area contributed by atoms with Crippen molar-refractivity contribution in [3.63, 3.8) is 0 Å². The van der Waals surface area contributed by atoms with Crippen molar-refractivity contribution in [1.29, 1.82) is 0 Å². The summed E-state index contributed by atoms with van der Waals surface area (Å²) in [5, 5.41) is 0. The number of benzene rings is 2. The number of amides is 3. The minimum absolute atomic E-state index is 0.0176. The average molecular weight is 383 g/mol. The van der Waals surface area contributed by atoms with E-state index in [1.165, 1.54) is 24.3 Å². The zero-order chi connectivity index (χ0) is 20.1. The first-order valence-corrected chi connectivity index (χ1v) is 9.07. The highest BCUT2D eigenvalue weighted by atomic mass is 19.1. The molecule has 28 heavy (non-hydrogen) atoms. The number of likely N-dealkylation sites (tertiary alicyclic amines) is 1. The summed E-state index contributed by atoms with van der Waals surface area (Å²) in [5.74, 6) is -1.78. The summed E-state index contributed by atoms with van der Waals surface area (Å²) < 4.78 is 12.9. The van der Waals surface area contributed by atoms with Crippen molar-refractivity contribution in [2.75, 3.05) is 6.54 Å². The molecular formula is C21H22FN3O3. The molecule has 2 aromatic carbocycles. The Kier molecular flexibility index (Phi) is 6.03. The van der Waals surface area contributed by atoms with E-state index in [9.17, 15) is 18.8 Å². The van der Waals surface area contributed by atoms with E-state index < -0.39 is 17.7 Å². The lowest BCUT2D eigenvalue weighted by Gasteiger charge is -2.17. The van der Waals surface area contributed by atoms with E-state index in [2.05, 4.69) is 10.9 Å². The molecule has 146 valence electrons. The lowest BCUT2D eigenvalue weighted by molar-refractivity contribution is -0.131. The number of rotatable bonds is 5. The molecule has 3 amide bonds. The molecule has 0 aliphatic carbocycles. The highest BCUT2D eigenvalue weighted by molar-refractivity contribution is 5.90. The topological polar surface area (TPSA) is 78.5 Å². The van der Waals surface area contributed by atoms with Crippen molar-refractivity contribution in [3.05, 3.63) is 71.0 Å². The summed E-state index contributed by atoms with van der Waals surface area (Å²) in [4.78, 5) is 38.0. The van der Waals surface area contributed by atoms with Crippen molar-refractivity contribution in [1.82, 2.24) is 15.8 Å². The highest BCUT2D eigenvalue weighted by Gasteiger charge is 2.34. The molecule has 6 nitrogen and oxygen atoms in total. The Hall–Kier alpha value is -3.22. The Labute approximate surface area is 162 Å². The average Bonchev–Trinajstić information content (AvgIpc) is 3.04. The molecule has 0 radical (unpaired) electrons. The molecule has 7 heteroatoms. The van der Waals surface area contributed by atoms with Crippen LogP contribution in [0.4, 0.5) is 4.39 Å². The van der Waals surface area contributed by atoms with Crippen molar-refractivity contribution >= 4 is 17.7 Å². The maximum Gasteiger partial charge on any atom is 0.243 e. The van der Waals surface area contributed by atoms with Crippen LogP contribution in [-0.2, 0) is 27.3 Å². The van der Waals surface area contributed by atoms with Crippen molar-refractivity contribution < 1.29 is 18.8 Å². The fourth-order valence-corrected chi connectivity index (χ4v) is 3.08. The molecule has 2 N–H and O–H groups in total. The van der Waals surface area contributed by atoms with Crippen LogP contribution < -0.4 is 10.9 Å². The van der Waals surface area contributed by atoms with Gasteiger partial charge in [0.1, 0.15) is 5.82 Å². The van der Waals surface area contributed by atoms with Crippen LogP contribution in [-0.4, -0.2) is 29.2 Å². The number of hydrogen-bond donors (Lipinski definition) is 2. The summed E-state index contributed by atoms with van der Waals surface area (Å²) in [5.41, 5.74) is 7.51. The van der Waals surface area contributed by atoms with E-state index in [4.69, 9.17) is 0 Å². The van der Waals surface area contributed by atoms with E-state index in [1.54, 1.807) is 4.90 Å². The number of halogens is 1. The first-order valence-electron chi connectivity index (χ1n) is 9.07. The van der Waals surface area contributed by atoms with Gasteiger partial charge in [-0.05, 0) is 30.2 Å². The Bertz CT molecular complexity index is 865. The normalized spacial score (nSPS) is 16.1. The Morgan fingerprint density at radius 3 is 2.36 bits per heavy atom. The number of carbonyl (C=O) groups excluding carboxylic acids is 3. The smallest absolute Gasteiger partial charge is 0.243 e. The van der Waals surface area contributed by atoms with E-state index in [0.717, 1.165) is 11.1 Å². The standard InChI is InChI=1S/C21H22FN3O3/c1-14-2-4-16(5-3-14)12-25-13-17(11-20(25)27)21(28)24-23-19(26)10-15-6-8-18(22)9-7-15/h2-9,17H,10-13H2,1H3,(H,23,26)(H,24,28). The number of aryl methyl sites for hydroxylation is 1. The molecule has 1 aliphatic heterocycles. The van der Waals surface area contributed by atoms with Gasteiger partial charge in [0.05, 0.1) is 12.3 Å². The summed E-state index contributed by atoms with van der Waals surface area (Å²) >= 11 is 0. The van der Waals surface area contributed by atoms with Gasteiger partial charge < -0.3 is 4.90 Å². The molecule has 1 heterocycles. The Morgan fingerprint density at radius 2 is 1.68 bits per heavy atom. The Balaban J connectivity index is 1.46. The molecule has 0 bridgehead atoms. The molecule has 0 aromatic heterocycles. The van der Waals surface area contributed by atoms with Crippen LogP contribution in [0, 0.1) is 18.7 Å². The fourth-order valence-electron chi connectivity index (χ4n) is 3.08. The molecule has 1 saturated heterocycles. The van der Waals surface area contributed by atoms with Gasteiger partial charge in [0.25, 0.3) is 0 Å². The van der Waals surface area contributed by atoms with Crippen LogP contribution in [0.5, 0.6) is 0 Å². The molecule has 1 fully saturated rings. The molecule has 0 saturated carbocycles. The predicted octanol–water partition coefficient (Wildman–Crippen LogP) is 1.87. The minimum Gasteiger partial charge on any atom is -0.338 e. The second-order valence-electron chi connectivity index (χ2n) is 7.00. The maximum absolute atomic E-state index is 12.9. The number of hydrazine groups is 1. The summed E-state index contributed by atoms with van der Waals surface area (Å²) in [6.07, 6.45) is 0.134. The first kappa shape index (κ1) is 19.5. The second kappa shape index (κ2) is 8.65. The van der Waals surface area contributed by atoms with Gasteiger partial charge >= 0.3 is 0 Å². The van der Waals surface area contributed by atoms with Crippen molar-refractivity contribution in [2.24, 2.45) is 5.92 Å². The van der Waals surface area contributed by atoms with Gasteiger partial charge in [0.2, 0.25) is 17.7 Å². The molecule has 3 rings (SSSR count). The van der Waals surface area contributed by atoms with Crippen LogP contribution in [0.1, 0.15) is 23.1 Å². The third-order valence-corrected chi connectivity index (χ3v) is 4.68. The molecular weight excluding hydrogens is 361 g/mol. The monoisotopic (exact) mass is 383 g/mol. The number of hydrogen-bond acceptors (Lipinski definition) is 3. The summed E-state index contributed by atoms with van der Waals surface area (Å²) in [6, 6.07) is 13.5. The number of carbonyl (C=O) groups is 3. The van der Waals surface area contributed by atoms with Crippen LogP contribution in [0.3, 0.4) is 0 Å². The lowest BCUT2D eigenvalue weighted by atomic mass is 10.1. The van der Waals surface area contributed by atoms with E-state index in [1.807, 2.05) is 31.2 Å². The largest absolute Gasteiger partial charge is 0.338 e. The lowest BCUT2D eigenvalue weighted by Crippen LogP contribution is -2.45. The van der Waals surface area contributed by atoms with Crippen LogP contribution >= 0.6 is 0 Å². The zero-order valence-corrected chi connectivity index (χ0v) is 15.6. The molecule has 1 unspecified atom stereocenters. The van der Waals surface area contributed by atoms with Crippen LogP contribution in [0.25, 0.3) is 0 Å². The van der Waals surface area contributed by atoms with E-state index >= 15 is 0 Å². The van der Waals surface area contributed by atoms with Crippen molar-refractivity contribution in [2.45, 2.75) is 26.3 Å². The third kappa shape index (κ3) is 5.16. The van der Waals surface area contributed by atoms with Gasteiger partial charge in [-0.3, -0.25) is 25.2 Å². The number of nitrogens with one attached hydrogen (secondary N) is 2. The van der Waals surface area contributed by atoms with Gasteiger partial charge in [0.15, 0.2) is 0 Å². The molecule has 1 aliphatic rings. The van der Waals surface area contributed by atoms with Gasteiger partial charge in [-0.15, -0.1) is 0 Å². The predicted molar refractivity (Wildman–Crippen MR) is 101 cm³/mol. The van der Waals surface area contributed by atoms with Crippen LogP contribution in [0.2, 0.25) is 0 Å². The highest BCUT2D eigenvalue weighted by Crippen LogP contribution is 2.20. The fraction of sp³-hybridized carbons (Fsp3) is 0.286. The summed E-state index contributed by atoms with van der Waals surface area (Å²) in [6.45, 7) is 2.77.